The summed E-state index contributed by atoms with van der Waals surface area (Å²) in [6, 6.07) is 16.2. The van der Waals surface area contributed by atoms with E-state index >= 15 is 0 Å². The first-order valence-electron chi connectivity index (χ1n) is 10.5. The molecule has 1 aromatic heterocycles. The van der Waals surface area contributed by atoms with Crippen LogP contribution < -0.4 is 5.32 Å². The number of nitrogens with zero attached hydrogens (tertiary/aromatic N) is 2. The van der Waals surface area contributed by atoms with E-state index in [1.54, 1.807) is 24.4 Å². The lowest BCUT2D eigenvalue weighted by atomic mass is 10.1. The van der Waals surface area contributed by atoms with Crippen molar-refractivity contribution < 1.29 is 9.21 Å². The van der Waals surface area contributed by atoms with Gasteiger partial charge in [-0.15, -0.1) is 0 Å². The van der Waals surface area contributed by atoms with Crippen molar-refractivity contribution in [2.75, 3.05) is 13.1 Å². The van der Waals surface area contributed by atoms with Crippen molar-refractivity contribution in [3.05, 3.63) is 76.2 Å². The minimum Gasteiger partial charge on any atom is -0.441 e. The number of nitrogens with one attached hydrogen (secondary N) is 1. The first-order valence-corrected chi connectivity index (χ1v) is 11.2. The monoisotopic (exact) mass is 457 g/mol. The molecule has 0 bridgehead atoms. The number of carbonyl (C=O) groups excluding carboxylic acids is 1. The number of aromatic nitrogens is 1. The van der Waals surface area contributed by atoms with E-state index in [0.717, 1.165) is 25.1 Å². The molecule has 3 aromatic rings. The lowest BCUT2D eigenvalue weighted by Gasteiger charge is -2.24. The van der Waals surface area contributed by atoms with Gasteiger partial charge in [0.15, 0.2) is 11.7 Å². The third kappa shape index (κ3) is 5.48. The fraction of sp³-hybridized carbons (Fsp3) is 0.333. The number of amides is 1. The van der Waals surface area contributed by atoms with Crippen molar-refractivity contribution in [3.8, 4) is 11.3 Å². The molecule has 4 rings (SSSR count). The molecule has 0 aliphatic carbocycles. The maximum Gasteiger partial charge on any atom is 0.220 e. The van der Waals surface area contributed by atoms with Gasteiger partial charge in [0.05, 0.1) is 11.2 Å². The Labute approximate surface area is 192 Å². The lowest BCUT2D eigenvalue weighted by Crippen LogP contribution is -2.37. The quantitative estimate of drug-likeness (QED) is 0.506. The molecule has 7 heteroatoms. The standard InChI is InChI=1S/C24H25Cl2N3O2/c1-16(17-5-3-2-4-6-17)29-12-11-19(15-29)28-23(30)9-10-24-27-14-22(31-24)20-8-7-18(25)13-21(20)26/h2-8,13-14,16,19H,9-12,15H2,1H3,(H,28,30). The van der Waals surface area contributed by atoms with Crippen LogP contribution in [0.2, 0.25) is 10.0 Å². The van der Waals surface area contributed by atoms with Gasteiger partial charge in [0, 0.05) is 48.6 Å². The molecule has 2 aromatic carbocycles. The summed E-state index contributed by atoms with van der Waals surface area (Å²) in [5.74, 6) is 1.10. The average molecular weight is 458 g/mol. The normalized spacial score (nSPS) is 17.6. The van der Waals surface area contributed by atoms with Crippen LogP contribution in [-0.4, -0.2) is 34.9 Å². The van der Waals surface area contributed by atoms with Crippen LogP contribution in [0.15, 0.2) is 59.1 Å². The average Bonchev–Trinajstić information content (AvgIpc) is 3.42. The predicted octanol–water partition coefficient (Wildman–Crippen LogP) is 5.53. The van der Waals surface area contributed by atoms with Gasteiger partial charge in [-0.1, -0.05) is 53.5 Å². The van der Waals surface area contributed by atoms with Crippen LogP contribution in [-0.2, 0) is 11.2 Å². The number of carbonyl (C=O) groups is 1. The Hall–Kier alpha value is -2.34. The summed E-state index contributed by atoms with van der Waals surface area (Å²) in [7, 11) is 0. The Morgan fingerprint density at radius 1 is 1.26 bits per heavy atom. The van der Waals surface area contributed by atoms with Gasteiger partial charge < -0.3 is 9.73 Å². The molecule has 1 aliphatic rings. The summed E-state index contributed by atoms with van der Waals surface area (Å²) in [5.41, 5.74) is 2.03. The Morgan fingerprint density at radius 3 is 2.84 bits per heavy atom. The highest BCUT2D eigenvalue weighted by Crippen LogP contribution is 2.31. The van der Waals surface area contributed by atoms with E-state index in [1.165, 1.54) is 5.56 Å². The number of likely N-dealkylation sites (tertiary alicyclic amines) is 1. The Bertz CT molecular complexity index is 1040. The van der Waals surface area contributed by atoms with E-state index in [4.69, 9.17) is 27.6 Å². The van der Waals surface area contributed by atoms with E-state index in [2.05, 4.69) is 46.4 Å². The van der Waals surface area contributed by atoms with E-state index < -0.39 is 0 Å². The van der Waals surface area contributed by atoms with Gasteiger partial charge >= 0.3 is 0 Å². The molecule has 2 unspecified atom stereocenters. The molecule has 1 saturated heterocycles. The highest BCUT2D eigenvalue weighted by atomic mass is 35.5. The van der Waals surface area contributed by atoms with Crippen molar-refractivity contribution in [2.24, 2.45) is 0 Å². The van der Waals surface area contributed by atoms with Crippen LogP contribution in [0, 0.1) is 0 Å². The minimum atomic E-state index is 0.0171. The van der Waals surface area contributed by atoms with Crippen molar-refractivity contribution >= 4 is 29.1 Å². The second kappa shape index (κ2) is 9.86. The van der Waals surface area contributed by atoms with Crippen LogP contribution in [0.25, 0.3) is 11.3 Å². The first kappa shape index (κ1) is 21.9. The maximum absolute atomic E-state index is 12.5. The summed E-state index contributed by atoms with van der Waals surface area (Å²) >= 11 is 12.2. The zero-order valence-corrected chi connectivity index (χ0v) is 18.9. The predicted molar refractivity (Wildman–Crippen MR) is 123 cm³/mol. The summed E-state index contributed by atoms with van der Waals surface area (Å²) in [6.45, 7) is 4.05. The van der Waals surface area contributed by atoms with Crippen molar-refractivity contribution in [1.29, 1.82) is 0 Å². The third-order valence-electron chi connectivity index (χ3n) is 5.73. The van der Waals surface area contributed by atoms with Crippen molar-refractivity contribution in [2.45, 2.75) is 38.3 Å². The minimum absolute atomic E-state index is 0.0171. The van der Waals surface area contributed by atoms with Gasteiger partial charge in [-0.2, -0.15) is 0 Å². The molecule has 31 heavy (non-hydrogen) atoms. The first-order chi connectivity index (χ1) is 15.0. The summed E-state index contributed by atoms with van der Waals surface area (Å²) in [6.07, 6.45) is 3.36. The number of halogens is 2. The number of rotatable bonds is 7. The second-order valence-electron chi connectivity index (χ2n) is 7.88. The number of benzene rings is 2. The number of hydrogen-bond acceptors (Lipinski definition) is 4. The number of aryl methyl sites for hydroxylation is 1. The zero-order chi connectivity index (χ0) is 21.8. The van der Waals surface area contributed by atoms with Crippen LogP contribution in [0.4, 0.5) is 0 Å². The molecule has 2 heterocycles. The van der Waals surface area contributed by atoms with Gasteiger partial charge in [0.1, 0.15) is 0 Å². The molecular formula is C24H25Cl2N3O2. The third-order valence-corrected chi connectivity index (χ3v) is 6.28. The summed E-state index contributed by atoms with van der Waals surface area (Å²) < 4.78 is 5.78. The van der Waals surface area contributed by atoms with Crippen LogP contribution in [0.1, 0.15) is 37.3 Å². The molecule has 1 N–H and O–H groups in total. The number of hydrogen-bond donors (Lipinski definition) is 1. The van der Waals surface area contributed by atoms with E-state index in [1.807, 2.05) is 6.07 Å². The van der Waals surface area contributed by atoms with Crippen LogP contribution in [0.5, 0.6) is 0 Å². The Kier molecular flexibility index (Phi) is 6.96. The molecule has 0 saturated carbocycles. The van der Waals surface area contributed by atoms with Gasteiger partial charge in [-0.05, 0) is 37.1 Å². The maximum atomic E-state index is 12.5. The molecule has 1 fully saturated rings. The second-order valence-corrected chi connectivity index (χ2v) is 8.72. The molecule has 2 atom stereocenters. The lowest BCUT2D eigenvalue weighted by molar-refractivity contribution is -0.121. The van der Waals surface area contributed by atoms with E-state index in [0.29, 0.717) is 40.6 Å². The van der Waals surface area contributed by atoms with Crippen LogP contribution >= 0.6 is 23.2 Å². The van der Waals surface area contributed by atoms with E-state index in [-0.39, 0.29) is 11.9 Å². The number of oxazole rings is 1. The highest BCUT2D eigenvalue weighted by Gasteiger charge is 2.27. The van der Waals surface area contributed by atoms with Gasteiger partial charge in [-0.25, -0.2) is 4.98 Å². The zero-order valence-electron chi connectivity index (χ0n) is 17.4. The van der Waals surface area contributed by atoms with Gasteiger partial charge in [-0.3, -0.25) is 9.69 Å². The van der Waals surface area contributed by atoms with Crippen molar-refractivity contribution in [1.82, 2.24) is 15.2 Å². The van der Waals surface area contributed by atoms with Gasteiger partial charge in [0.25, 0.3) is 0 Å². The summed E-state index contributed by atoms with van der Waals surface area (Å²) in [4.78, 5) is 19.1. The fourth-order valence-corrected chi connectivity index (χ4v) is 4.46. The fourth-order valence-electron chi connectivity index (χ4n) is 3.96. The van der Waals surface area contributed by atoms with E-state index in [9.17, 15) is 4.79 Å². The Morgan fingerprint density at radius 2 is 2.06 bits per heavy atom. The largest absolute Gasteiger partial charge is 0.441 e. The topological polar surface area (TPSA) is 58.4 Å². The summed E-state index contributed by atoms with van der Waals surface area (Å²) in [5, 5.41) is 4.22. The molecular weight excluding hydrogens is 433 g/mol. The molecule has 0 spiro atoms. The SMILES string of the molecule is CC(c1ccccc1)N1CCC(NC(=O)CCc2ncc(-c3ccc(Cl)cc3Cl)o2)C1. The smallest absolute Gasteiger partial charge is 0.220 e. The van der Waals surface area contributed by atoms with Crippen LogP contribution in [0.3, 0.4) is 0 Å². The molecule has 1 amide bonds. The Balaban J connectivity index is 1.26. The van der Waals surface area contributed by atoms with Gasteiger partial charge in [0.2, 0.25) is 5.91 Å². The molecule has 0 radical (unpaired) electrons. The van der Waals surface area contributed by atoms with Crippen molar-refractivity contribution in [3.63, 3.8) is 0 Å². The highest BCUT2D eigenvalue weighted by molar-refractivity contribution is 6.36. The molecule has 5 nitrogen and oxygen atoms in total. The molecule has 1 aliphatic heterocycles. The molecule has 162 valence electrons.